The van der Waals surface area contributed by atoms with Crippen LogP contribution in [-0.2, 0) is 16.1 Å². The number of hydrogen-bond donors (Lipinski definition) is 0. The number of nitrogens with zero attached hydrogens (tertiary/aromatic N) is 1. The van der Waals surface area contributed by atoms with Crippen molar-refractivity contribution in [2.75, 3.05) is 7.11 Å². The molecule has 0 saturated carbocycles. The molecule has 1 aromatic heterocycles. The van der Waals surface area contributed by atoms with Crippen LogP contribution in [0.5, 0.6) is 0 Å². The molecule has 4 nitrogen and oxygen atoms in total. The van der Waals surface area contributed by atoms with Gasteiger partial charge in [-0.2, -0.15) is 0 Å². The molecule has 3 atom stereocenters. The SMILES string of the molecule is CC[C@@H]1[C@H](C)C(c2ccco2)=C(C(=O)OC)[C@H](C(C)C)N1Cc1ccccc1. The maximum absolute atomic E-state index is 13.0. The van der Waals surface area contributed by atoms with E-state index >= 15 is 0 Å². The standard InChI is InChI=1S/C24H31NO3/c1-6-19-17(4)21(20-13-10-14-28-20)22(24(26)27-5)23(16(2)3)25(19)15-18-11-8-7-9-12-18/h7-14,16-17,19,23H,6,15H2,1-5H3/t17-,19+,23-/m0/s1. The molecule has 0 saturated heterocycles. The Morgan fingerprint density at radius 2 is 1.89 bits per heavy atom. The van der Waals surface area contributed by atoms with Gasteiger partial charge >= 0.3 is 5.97 Å². The fraction of sp³-hybridized carbons (Fsp3) is 0.458. The maximum Gasteiger partial charge on any atom is 0.335 e. The van der Waals surface area contributed by atoms with Crippen LogP contribution < -0.4 is 0 Å². The highest BCUT2D eigenvalue weighted by Crippen LogP contribution is 2.43. The number of rotatable bonds is 6. The lowest BCUT2D eigenvalue weighted by molar-refractivity contribution is -0.137. The van der Waals surface area contributed by atoms with Crippen molar-refractivity contribution in [3.63, 3.8) is 0 Å². The minimum atomic E-state index is -0.260. The van der Waals surface area contributed by atoms with E-state index in [0.717, 1.165) is 29.9 Å². The molecular weight excluding hydrogens is 350 g/mol. The van der Waals surface area contributed by atoms with E-state index in [-0.39, 0.29) is 23.8 Å². The first kappa shape index (κ1) is 20.4. The van der Waals surface area contributed by atoms with Crippen LogP contribution in [0.2, 0.25) is 0 Å². The number of esters is 1. The molecule has 4 heteroatoms. The number of methoxy groups -OCH3 is 1. The van der Waals surface area contributed by atoms with Crippen LogP contribution in [0.4, 0.5) is 0 Å². The van der Waals surface area contributed by atoms with Crippen LogP contribution in [0, 0.1) is 11.8 Å². The van der Waals surface area contributed by atoms with Gasteiger partial charge in [-0.05, 0) is 30.0 Å². The van der Waals surface area contributed by atoms with Crippen LogP contribution in [0.15, 0.2) is 58.7 Å². The molecule has 3 rings (SSSR count). The summed E-state index contributed by atoms with van der Waals surface area (Å²) in [5, 5.41) is 0. The van der Waals surface area contributed by atoms with Gasteiger partial charge in [0.15, 0.2) is 0 Å². The molecule has 2 aromatic rings. The van der Waals surface area contributed by atoms with E-state index in [1.165, 1.54) is 12.7 Å². The zero-order valence-electron chi connectivity index (χ0n) is 17.5. The predicted octanol–water partition coefficient (Wildman–Crippen LogP) is 5.16. The Hall–Kier alpha value is -2.33. The molecule has 0 aliphatic carbocycles. The maximum atomic E-state index is 13.0. The number of carbonyl (C=O) groups is 1. The summed E-state index contributed by atoms with van der Waals surface area (Å²) < 4.78 is 11.0. The van der Waals surface area contributed by atoms with Crippen molar-refractivity contribution in [3.8, 4) is 0 Å². The first-order valence-corrected chi connectivity index (χ1v) is 10.1. The third-order valence-corrected chi connectivity index (χ3v) is 5.85. The normalized spacial score (nSPS) is 23.3. The molecule has 2 heterocycles. The third kappa shape index (κ3) is 3.79. The Morgan fingerprint density at radius 1 is 1.18 bits per heavy atom. The lowest BCUT2D eigenvalue weighted by atomic mass is 9.75. The van der Waals surface area contributed by atoms with E-state index in [1.54, 1.807) is 6.26 Å². The van der Waals surface area contributed by atoms with E-state index in [2.05, 4.69) is 56.9 Å². The van der Waals surface area contributed by atoms with Crippen LogP contribution >= 0.6 is 0 Å². The molecule has 0 spiro atoms. The Kier molecular flexibility index (Phi) is 6.40. The van der Waals surface area contributed by atoms with Crippen LogP contribution in [-0.4, -0.2) is 30.1 Å². The van der Waals surface area contributed by atoms with E-state index in [1.807, 2.05) is 18.2 Å². The van der Waals surface area contributed by atoms with E-state index < -0.39 is 0 Å². The Bertz CT molecular complexity index is 808. The fourth-order valence-corrected chi connectivity index (χ4v) is 4.70. The zero-order chi connectivity index (χ0) is 20.3. The van der Waals surface area contributed by atoms with Crippen LogP contribution in [0.3, 0.4) is 0 Å². The van der Waals surface area contributed by atoms with Gasteiger partial charge in [-0.3, -0.25) is 4.90 Å². The molecule has 1 aliphatic heterocycles. The number of hydrogen-bond acceptors (Lipinski definition) is 4. The molecular formula is C24H31NO3. The molecule has 1 aromatic carbocycles. The summed E-state index contributed by atoms with van der Waals surface area (Å²) in [5.74, 6) is 0.925. The summed E-state index contributed by atoms with van der Waals surface area (Å²) in [6, 6.07) is 14.6. The van der Waals surface area contributed by atoms with Crippen molar-refractivity contribution in [2.45, 2.75) is 52.7 Å². The molecule has 0 N–H and O–H groups in total. The van der Waals surface area contributed by atoms with Crippen molar-refractivity contribution in [1.82, 2.24) is 4.90 Å². The van der Waals surface area contributed by atoms with Gasteiger partial charge in [-0.25, -0.2) is 4.79 Å². The minimum absolute atomic E-state index is 0.0334. The quantitative estimate of drug-likeness (QED) is 0.648. The van der Waals surface area contributed by atoms with Crippen molar-refractivity contribution in [1.29, 1.82) is 0 Å². The lowest BCUT2D eigenvalue weighted by Gasteiger charge is -2.48. The summed E-state index contributed by atoms with van der Waals surface area (Å²) in [5.41, 5.74) is 2.98. The largest absolute Gasteiger partial charge is 0.466 e. The van der Waals surface area contributed by atoms with E-state index in [9.17, 15) is 4.79 Å². The highest BCUT2D eigenvalue weighted by molar-refractivity contribution is 5.99. The summed E-state index contributed by atoms with van der Waals surface area (Å²) in [6.07, 6.45) is 2.67. The van der Waals surface area contributed by atoms with Gasteiger partial charge < -0.3 is 9.15 Å². The van der Waals surface area contributed by atoms with E-state index in [0.29, 0.717) is 6.04 Å². The Morgan fingerprint density at radius 3 is 2.43 bits per heavy atom. The second kappa shape index (κ2) is 8.78. The molecule has 150 valence electrons. The minimum Gasteiger partial charge on any atom is -0.466 e. The van der Waals surface area contributed by atoms with Gasteiger partial charge in [0, 0.05) is 30.1 Å². The average Bonchev–Trinajstić information content (AvgIpc) is 3.22. The number of carbonyl (C=O) groups excluding carboxylic acids is 1. The number of ether oxygens (including phenoxy) is 1. The molecule has 0 radical (unpaired) electrons. The molecule has 0 unspecified atom stereocenters. The zero-order valence-corrected chi connectivity index (χ0v) is 17.5. The third-order valence-electron chi connectivity index (χ3n) is 5.85. The first-order chi connectivity index (χ1) is 13.5. The highest BCUT2D eigenvalue weighted by atomic mass is 16.5. The summed E-state index contributed by atoms with van der Waals surface area (Å²) in [4.78, 5) is 15.5. The van der Waals surface area contributed by atoms with Gasteiger partial charge in [-0.1, -0.05) is 58.0 Å². The van der Waals surface area contributed by atoms with Crippen molar-refractivity contribution in [2.24, 2.45) is 11.8 Å². The second-order valence-corrected chi connectivity index (χ2v) is 7.91. The smallest absolute Gasteiger partial charge is 0.335 e. The second-order valence-electron chi connectivity index (χ2n) is 7.91. The topological polar surface area (TPSA) is 42.7 Å². The van der Waals surface area contributed by atoms with Crippen molar-refractivity contribution < 1.29 is 13.9 Å². The number of benzene rings is 1. The van der Waals surface area contributed by atoms with Gasteiger partial charge in [0.1, 0.15) is 5.76 Å². The monoisotopic (exact) mass is 381 g/mol. The lowest BCUT2D eigenvalue weighted by Crippen LogP contribution is -2.54. The van der Waals surface area contributed by atoms with E-state index in [4.69, 9.17) is 9.15 Å². The van der Waals surface area contributed by atoms with Gasteiger partial charge in [0.05, 0.1) is 18.9 Å². The predicted molar refractivity (Wildman–Crippen MR) is 111 cm³/mol. The Labute approximate surface area is 168 Å². The van der Waals surface area contributed by atoms with Crippen LogP contribution in [0.1, 0.15) is 45.4 Å². The fourth-order valence-electron chi connectivity index (χ4n) is 4.70. The summed E-state index contributed by atoms with van der Waals surface area (Å²) in [6.45, 7) is 9.57. The highest BCUT2D eigenvalue weighted by Gasteiger charge is 2.44. The molecule has 0 amide bonds. The molecule has 0 bridgehead atoms. The van der Waals surface area contributed by atoms with Gasteiger partial charge in [0.2, 0.25) is 0 Å². The average molecular weight is 382 g/mol. The van der Waals surface area contributed by atoms with Gasteiger partial charge in [-0.15, -0.1) is 0 Å². The summed E-state index contributed by atoms with van der Waals surface area (Å²) in [7, 11) is 1.46. The Balaban J connectivity index is 2.17. The van der Waals surface area contributed by atoms with Crippen molar-refractivity contribution >= 4 is 11.5 Å². The molecule has 0 fully saturated rings. The van der Waals surface area contributed by atoms with Crippen molar-refractivity contribution in [3.05, 3.63) is 65.6 Å². The van der Waals surface area contributed by atoms with Gasteiger partial charge in [0.25, 0.3) is 0 Å². The number of furan rings is 1. The van der Waals surface area contributed by atoms with Crippen LogP contribution in [0.25, 0.3) is 5.57 Å². The summed E-state index contributed by atoms with van der Waals surface area (Å²) >= 11 is 0. The molecule has 28 heavy (non-hydrogen) atoms. The molecule has 1 aliphatic rings. The first-order valence-electron chi connectivity index (χ1n) is 10.1.